The molecule has 18 nitrogen and oxygen atoms in total. The number of likely N-dealkylation sites (tertiary alicyclic amines) is 2. The lowest BCUT2D eigenvalue weighted by molar-refractivity contribution is -0.145. The minimum atomic E-state index is -1.26. The summed E-state index contributed by atoms with van der Waals surface area (Å²) in [5.74, 6) is 2.01. The molecule has 0 spiro atoms. The number of nitrogens with one attached hydrogen (secondary N) is 4. The average Bonchev–Trinajstić information content (AvgIpc) is 4.14. The molecule has 2 aromatic carbocycles. The highest BCUT2D eigenvalue weighted by Gasteiger charge is 2.39. The van der Waals surface area contributed by atoms with Gasteiger partial charge in [0.05, 0.1) is 62.2 Å². The molecule has 3 amide bonds. The monoisotopic (exact) mass is 888 g/mol. The van der Waals surface area contributed by atoms with Crippen LogP contribution in [0.5, 0.6) is 11.5 Å². The normalized spacial score (nSPS) is 17.8. The number of rotatable bonds is 21. The van der Waals surface area contributed by atoms with Crippen LogP contribution in [0.2, 0.25) is 0 Å². The lowest BCUT2D eigenvalue weighted by Crippen LogP contribution is -2.52. The molecule has 2 aliphatic rings. The van der Waals surface area contributed by atoms with Crippen molar-refractivity contribution >= 4 is 17.9 Å². The summed E-state index contributed by atoms with van der Waals surface area (Å²) in [6.07, 6.45) is 4.70. The van der Waals surface area contributed by atoms with Crippen LogP contribution in [0.25, 0.3) is 33.6 Å². The summed E-state index contributed by atoms with van der Waals surface area (Å²) < 4.78 is 33.1. The van der Waals surface area contributed by atoms with Gasteiger partial charge in [-0.05, 0) is 67.3 Å². The summed E-state index contributed by atoms with van der Waals surface area (Å²) in [5.41, 5.74) is 4.77. The van der Waals surface area contributed by atoms with E-state index in [0.29, 0.717) is 62.7 Å². The topological polar surface area (TPSA) is 215 Å². The number of H-pyrrole nitrogens is 2. The van der Waals surface area contributed by atoms with Crippen molar-refractivity contribution in [1.29, 1.82) is 0 Å². The van der Waals surface area contributed by atoms with Gasteiger partial charge in [0.1, 0.15) is 42.4 Å². The van der Waals surface area contributed by atoms with Gasteiger partial charge in [-0.3, -0.25) is 14.9 Å². The predicted octanol–water partition coefficient (Wildman–Crippen LogP) is 5.43. The molecule has 6 rings (SSSR count). The van der Waals surface area contributed by atoms with E-state index >= 15 is 0 Å². The first kappa shape index (κ1) is 47.9. The summed E-state index contributed by atoms with van der Waals surface area (Å²) in [6.45, 7) is 10.1. The molecule has 64 heavy (non-hydrogen) atoms. The van der Waals surface area contributed by atoms with Crippen LogP contribution in [0.3, 0.4) is 0 Å². The van der Waals surface area contributed by atoms with Crippen LogP contribution < -0.4 is 20.1 Å². The number of imidazole rings is 2. The van der Waals surface area contributed by atoms with Crippen molar-refractivity contribution in [1.82, 2.24) is 40.4 Å². The molecule has 2 fully saturated rings. The van der Waals surface area contributed by atoms with Crippen molar-refractivity contribution in [3.8, 4) is 45.1 Å². The molecule has 4 heterocycles. The summed E-state index contributed by atoms with van der Waals surface area (Å²) in [4.78, 5) is 59.7. The quantitative estimate of drug-likeness (QED) is 0.0522. The number of amides is 3. The van der Waals surface area contributed by atoms with Crippen molar-refractivity contribution in [2.45, 2.75) is 84.0 Å². The van der Waals surface area contributed by atoms with Crippen molar-refractivity contribution < 1.29 is 47.9 Å². The second-order valence-corrected chi connectivity index (χ2v) is 16.7. The van der Waals surface area contributed by atoms with Gasteiger partial charge in [0.25, 0.3) is 0 Å². The Balaban J connectivity index is 1.27. The van der Waals surface area contributed by atoms with Crippen LogP contribution in [0, 0.1) is 11.8 Å². The fraction of sp³-hybridized carbons (Fsp3) is 0.543. The SMILES string of the molecule is COCCOc1cc(-c2cnc(C3CCCN3C(=O)C(NC(=O)OC)C(C)C)[nH]2)ccc1-c1ccc(-c2cnc(C3CCCN3C(=O)C(NC(O)OC)C(C)C)[nH]2)c(OCCOC)c1. The Labute approximate surface area is 374 Å². The molecule has 0 radical (unpaired) electrons. The number of methoxy groups -OCH3 is 4. The number of nitrogens with zero attached hydrogens (tertiary/aromatic N) is 4. The molecule has 5 atom stereocenters. The van der Waals surface area contributed by atoms with Crippen LogP contribution in [0.15, 0.2) is 48.8 Å². The van der Waals surface area contributed by atoms with E-state index in [2.05, 4.69) is 20.6 Å². The number of alkyl carbamates (subject to hydrolysis) is 1. The maximum Gasteiger partial charge on any atom is 0.407 e. The summed E-state index contributed by atoms with van der Waals surface area (Å²) in [5, 5.41) is 15.7. The molecule has 2 saturated heterocycles. The number of carbonyl (C=O) groups is 3. The second-order valence-electron chi connectivity index (χ2n) is 16.7. The van der Waals surface area contributed by atoms with Crippen molar-refractivity contribution in [2.24, 2.45) is 11.8 Å². The molecule has 0 saturated carbocycles. The number of aromatic nitrogens is 4. The molecular weight excluding hydrogens is 825 g/mol. The van der Waals surface area contributed by atoms with Gasteiger partial charge >= 0.3 is 6.09 Å². The smallest absolute Gasteiger partial charge is 0.407 e. The summed E-state index contributed by atoms with van der Waals surface area (Å²) in [7, 11) is 5.90. The van der Waals surface area contributed by atoms with Crippen molar-refractivity contribution in [2.75, 3.05) is 68.0 Å². The van der Waals surface area contributed by atoms with E-state index in [1.807, 2.05) is 69.0 Å². The predicted molar refractivity (Wildman–Crippen MR) is 238 cm³/mol. The molecule has 5 unspecified atom stereocenters. The van der Waals surface area contributed by atoms with Gasteiger partial charge in [-0.25, -0.2) is 14.8 Å². The maximum absolute atomic E-state index is 13.8. The Morgan fingerprint density at radius 3 is 1.80 bits per heavy atom. The number of aliphatic hydroxyl groups excluding tert-OH is 1. The van der Waals surface area contributed by atoms with E-state index in [4.69, 9.17) is 38.4 Å². The zero-order chi connectivity index (χ0) is 45.9. The molecule has 0 bridgehead atoms. The van der Waals surface area contributed by atoms with Crippen LogP contribution in [0.4, 0.5) is 4.79 Å². The first-order valence-corrected chi connectivity index (χ1v) is 21.9. The van der Waals surface area contributed by atoms with E-state index < -0.39 is 24.6 Å². The number of hydrogen-bond acceptors (Lipinski definition) is 13. The van der Waals surface area contributed by atoms with Crippen molar-refractivity contribution in [3.05, 3.63) is 60.4 Å². The first-order chi connectivity index (χ1) is 30.9. The van der Waals surface area contributed by atoms with E-state index in [9.17, 15) is 19.5 Å². The second kappa shape index (κ2) is 22.4. The average molecular weight is 889 g/mol. The Morgan fingerprint density at radius 1 is 0.719 bits per heavy atom. The van der Waals surface area contributed by atoms with Gasteiger partial charge in [-0.1, -0.05) is 39.8 Å². The van der Waals surface area contributed by atoms with Gasteiger partial charge in [0, 0.05) is 51.1 Å². The third kappa shape index (κ3) is 11.2. The third-order valence-corrected chi connectivity index (χ3v) is 11.7. The van der Waals surface area contributed by atoms with Gasteiger partial charge in [0.15, 0.2) is 0 Å². The molecule has 2 aromatic heterocycles. The largest absolute Gasteiger partial charge is 0.491 e. The summed E-state index contributed by atoms with van der Waals surface area (Å²) >= 11 is 0. The first-order valence-electron chi connectivity index (χ1n) is 21.9. The van der Waals surface area contributed by atoms with E-state index in [-0.39, 0.29) is 35.7 Å². The highest BCUT2D eigenvalue weighted by atomic mass is 16.6. The van der Waals surface area contributed by atoms with E-state index in [0.717, 1.165) is 59.3 Å². The van der Waals surface area contributed by atoms with E-state index in [1.165, 1.54) is 14.2 Å². The molecule has 2 aliphatic heterocycles. The highest BCUT2D eigenvalue weighted by molar-refractivity contribution is 5.86. The van der Waals surface area contributed by atoms with Crippen LogP contribution in [0.1, 0.15) is 77.1 Å². The number of benzene rings is 2. The molecule has 5 N–H and O–H groups in total. The number of aromatic amines is 2. The number of aliphatic hydroxyl groups is 1. The number of hydrogen-bond donors (Lipinski definition) is 5. The van der Waals surface area contributed by atoms with Gasteiger partial charge < -0.3 is 58.6 Å². The van der Waals surface area contributed by atoms with Crippen LogP contribution >= 0.6 is 0 Å². The van der Waals surface area contributed by atoms with Crippen molar-refractivity contribution in [3.63, 3.8) is 0 Å². The van der Waals surface area contributed by atoms with E-state index in [1.54, 1.807) is 31.5 Å². The molecular formula is C46H64N8O10. The Morgan fingerprint density at radius 2 is 1.23 bits per heavy atom. The molecule has 348 valence electrons. The van der Waals surface area contributed by atoms with Crippen LogP contribution in [-0.4, -0.2) is 139 Å². The van der Waals surface area contributed by atoms with Crippen LogP contribution in [-0.2, 0) is 28.5 Å². The molecule has 18 heteroatoms. The minimum absolute atomic E-state index is 0.0917. The highest BCUT2D eigenvalue weighted by Crippen LogP contribution is 2.41. The molecule has 4 aromatic rings. The Hall–Kier alpha value is -5.53. The minimum Gasteiger partial charge on any atom is -0.491 e. The fourth-order valence-electron chi connectivity index (χ4n) is 8.30. The van der Waals surface area contributed by atoms with Gasteiger partial charge in [0.2, 0.25) is 18.2 Å². The molecule has 0 aliphatic carbocycles. The standard InChI is InChI=1S/C46H64N8O10/c1-27(2)39(51-45(57)61-7)43(55)53-17-9-11-35(53)41-47-25-33(49-41)30-14-15-31(37(24-30)63-21-19-59-5)29-13-16-32(38(23-29)64-22-20-60-6)34-26-48-42(50-34)36-12-10-18-54(36)44(56)40(28(3)4)52-46(58)62-8/h13-16,23-28,35-36,39-40,46,52,58H,9-12,17-22H2,1-8H3,(H,47,49)(H,48,50)(H,51,57). The van der Waals surface area contributed by atoms with Gasteiger partial charge in [-0.15, -0.1) is 0 Å². The Kier molecular flexibility index (Phi) is 16.8. The zero-order valence-corrected chi connectivity index (χ0v) is 38.1. The lowest BCUT2D eigenvalue weighted by Gasteiger charge is -2.31. The fourth-order valence-corrected chi connectivity index (χ4v) is 8.30. The summed E-state index contributed by atoms with van der Waals surface area (Å²) in [6, 6.07) is 9.96. The number of ether oxygens (including phenoxy) is 6. The Bertz CT molecular complexity index is 2170. The zero-order valence-electron chi connectivity index (χ0n) is 38.1. The maximum atomic E-state index is 13.8. The van der Waals surface area contributed by atoms with Gasteiger partial charge in [-0.2, -0.15) is 0 Å². The number of carbonyl (C=O) groups excluding carboxylic acids is 3. The lowest BCUT2D eigenvalue weighted by atomic mass is 9.99. The third-order valence-electron chi connectivity index (χ3n) is 11.7.